The second-order valence-corrected chi connectivity index (χ2v) is 4.98. The van der Waals surface area contributed by atoms with Gasteiger partial charge in [-0.3, -0.25) is 0 Å². The zero-order chi connectivity index (χ0) is 15.4. The molecule has 112 valence electrons. The molecule has 0 aliphatic rings. The van der Waals surface area contributed by atoms with Crippen molar-refractivity contribution >= 4 is 11.6 Å². The first-order valence-electron chi connectivity index (χ1n) is 6.39. The molecular formula is C16H16ClFO3. The number of aliphatic hydroxyl groups is 1. The summed E-state index contributed by atoms with van der Waals surface area (Å²) < 4.78 is 23.5. The zero-order valence-corrected chi connectivity index (χ0v) is 12.5. The van der Waals surface area contributed by atoms with Gasteiger partial charge in [0.15, 0.2) is 0 Å². The van der Waals surface area contributed by atoms with Crippen molar-refractivity contribution in [3.8, 4) is 11.5 Å². The van der Waals surface area contributed by atoms with Gasteiger partial charge >= 0.3 is 0 Å². The molecule has 2 aromatic rings. The summed E-state index contributed by atoms with van der Waals surface area (Å²) in [5.74, 6) is 0.708. The molecule has 0 heterocycles. The second-order valence-electron chi connectivity index (χ2n) is 4.58. The number of halogens is 2. The van der Waals surface area contributed by atoms with E-state index in [1.54, 1.807) is 31.4 Å². The fourth-order valence-electron chi connectivity index (χ4n) is 2.09. The Bertz CT molecular complexity index is 631. The summed E-state index contributed by atoms with van der Waals surface area (Å²) in [6.45, 7) is 0. The monoisotopic (exact) mass is 310 g/mol. The number of methoxy groups -OCH3 is 2. The van der Waals surface area contributed by atoms with Crippen LogP contribution in [0.4, 0.5) is 4.39 Å². The Morgan fingerprint density at radius 1 is 1.14 bits per heavy atom. The molecule has 1 atom stereocenters. The van der Waals surface area contributed by atoms with Crippen molar-refractivity contribution in [3.63, 3.8) is 0 Å². The molecule has 0 amide bonds. The third-order valence-corrected chi connectivity index (χ3v) is 3.50. The van der Waals surface area contributed by atoms with Crippen LogP contribution in [0.5, 0.6) is 11.5 Å². The Balaban J connectivity index is 2.23. The zero-order valence-electron chi connectivity index (χ0n) is 11.8. The van der Waals surface area contributed by atoms with E-state index in [0.717, 1.165) is 5.56 Å². The normalized spacial score (nSPS) is 12.0. The van der Waals surface area contributed by atoms with Crippen molar-refractivity contribution in [2.24, 2.45) is 0 Å². The molecular weight excluding hydrogens is 295 g/mol. The summed E-state index contributed by atoms with van der Waals surface area (Å²) in [6.07, 6.45) is -0.477. The molecule has 0 radical (unpaired) electrons. The number of hydrogen-bond acceptors (Lipinski definition) is 3. The average Bonchev–Trinajstić information content (AvgIpc) is 2.50. The first-order valence-corrected chi connectivity index (χ1v) is 6.77. The van der Waals surface area contributed by atoms with E-state index in [-0.39, 0.29) is 5.02 Å². The highest BCUT2D eigenvalue weighted by atomic mass is 35.5. The van der Waals surface area contributed by atoms with Crippen LogP contribution in [0, 0.1) is 5.82 Å². The van der Waals surface area contributed by atoms with Crippen molar-refractivity contribution in [1.82, 2.24) is 0 Å². The summed E-state index contributed by atoms with van der Waals surface area (Å²) in [4.78, 5) is 0. The fraction of sp³-hybridized carbons (Fsp3) is 0.250. The van der Waals surface area contributed by atoms with Gasteiger partial charge in [0.25, 0.3) is 0 Å². The van der Waals surface area contributed by atoms with E-state index in [0.29, 0.717) is 23.5 Å². The molecule has 1 N–H and O–H groups in total. The Morgan fingerprint density at radius 3 is 2.52 bits per heavy atom. The maximum Gasteiger partial charge on any atom is 0.141 e. The lowest BCUT2D eigenvalue weighted by Gasteiger charge is -2.16. The molecule has 21 heavy (non-hydrogen) atoms. The molecule has 2 rings (SSSR count). The van der Waals surface area contributed by atoms with E-state index in [1.807, 2.05) is 0 Å². The van der Waals surface area contributed by atoms with Crippen LogP contribution in [0.1, 0.15) is 17.2 Å². The van der Waals surface area contributed by atoms with Crippen LogP contribution in [0.15, 0.2) is 36.4 Å². The minimum absolute atomic E-state index is 0.0430. The molecule has 0 saturated heterocycles. The third kappa shape index (κ3) is 3.65. The molecule has 0 aromatic heterocycles. The van der Waals surface area contributed by atoms with Gasteiger partial charge < -0.3 is 14.6 Å². The second kappa shape index (κ2) is 6.78. The highest BCUT2D eigenvalue weighted by molar-refractivity contribution is 6.30. The largest absolute Gasteiger partial charge is 0.497 e. The van der Waals surface area contributed by atoms with Gasteiger partial charge in [-0.25, -0.2) is 4.39 Å². The standard InChI is InChI=1S/C16H16ClFO3/c1-20-11-4-5-12(16(9-11)21-2)15(19)8-10-3-6-14(18)13(17)7-10/h3-7,9,15,19H,8H2,1-2H3. The number of hydrogen-bond donors (Lipinski definition) is 1. The summed E-state index contributed by atoms with van der Waals surface area (Å²) in [5.41, 5.74) is 1.38. The Kier molecular flexibility index (Phi) is 5.04. The van der Waals surface area contributed by atoms with E-state index in [2.05, 4.69) is 0 Å². The molecule has 3 nitrogen and oxygen atoms in total. The topological polar surface area (TPSA) is 38.7 Å². The highest BCUT2D eigenvalue weighted by Gasteiger charge is 2.15. The predicted octanol–water partition coefficient (Wildman–Crippen LogP) is 3.77. The molecule has 2 aromatic carbocycles. The molecule has 0 aliphatic carbocycles. The van der Waals surface area contributed by atoms with Gasteiger partial charge in [0.2, 0.25) is 0 Å². The quantitative estimate of drug-likeness (QED) is 0.913. The van der Waals surface area contributed by atoms with Gasteiger partial charge in [-0.05, 0) is 29.8 Å². The molecule has 0 fully saturated rings. The molecule has 5 heteroatoms. The fourth-order valence-corrected chi connectivity index (χ4v) is 2.30. The van der Waals surface area contributed by atoms with Gasteiger partial charge in [0.05, 0.1) is 25.3 Å². The maximum absolute atomic E-state index is 13.1. The van der Waals surface area contributed by atoms with Gasteiger partial charge in [0.1, 0.15) is 17.3 Å². The predicted molar refractivity (Wildman–Crippen MR) is 79.6 cm³/mol. The first-order chi connectivity index (χ1) is 10.0. The van der Waals surface area contributed by atoms with E-state index >= 15 is 0 Å². The summed E-state index contributed by atoms with van der Waals surface area (Å²) in [6, 6.07) is 9.59. The first kappa shape index (κ1) is 15.6. The smallest absolute Gasteiger partial charge is 0.141 e. The van der Waals surface area contributed by atoms with E-state index in [9.17, 15) is 9.50 Å². The lowest BCUT2D eigenvalue weighted by molar-refractivity contribution is 0.174. The van der Waals surface area contributed by atoms with Gasteiger partial charge in [0, 0.05) is 18.1 Å². The number of benzene rings is 2. The maximum atomic E-state index is 13.1. The average molecular weight is 311 g/mol. The summed E-state index contributed by atoms with van der Waals surface area (Å²) in [5, 5.41) is 10.4. The molecule has 0 aliphatic heterocycles. The molecule has 1 unspecified atom stereocenters. The van der Waals surface area contributed by atoms with Gasteiger partial charge in [-0.1, -0.05) is 17.7 Å². The SMILES string of the molecule is COc1ccc(C(O)Cc2ccc(F)c(Cl)c2)c(OC)c1. The van der Waals surface area contributed by atoms with Crippen LogP contribution in [-0.2, 0) is 6.42 Å². The van der Waals surface area contributed by atoms with E-state index in [1.165, 1.54) is 19.2 Å². The minimum atomic E-state index is -0.785. The number of aliphatic hydroxyl groups excluding tert-OH is 1. The molecule has 0 spiro atoms. The van der Waals surface area contributed by atoms with Crippen LogP contribution >= 0.6 is 11.6 Å². The third-order valence-electron chi connectivity index (χ3n) is 3.21. The molecule has 0 saturated carbocycles. The number of rotatable bonds is 5. The minimum Gasteiger partial charge on any atom is -0.497 e. The lowest BCUT2D eigenvalue weighted by atomic mass is 10.0. The number of ether oxygens (including phenoxy) is 2. The van der Waals surface area contributed by atoms with Crippen molar-refractivity contribution in [1.29, 1.82) is 0 Å². The van der Waals surface area contributed by atoms with Crippen molar-refractivity contribution in [2.75, 3.05) is 14.2 Å². The molecule has 0 bridgehead atoms. The van der Waals surface area contributed by atoms with Crippen molar-refractivity contribution in [3.05, 3.63) is 58.4 Å². The van der Waals surface area contributed by atoms with Crippen molar-refractivity contribution < 1.29 is 19.0 Å². The Hall–Kier alpha value is -1.78. The summed E-state index contributed by atoms with van der Waals surface area (Å²) >= 11 is 5.74. The van der Waals surface area contributed by atoms with Crippen molar-refractivity contribution in [2.45, 2.75) is 12.5 Å². The Labute approximate surface area is 127 Å². The van der Waals surface area contributed by atoms with Crippen LogP contribution in [-0.4, -0.2) is 19.3 Å². The lowest BCUT2D eigenvalue weighted by Crippen LogP contribution is -2.04. The van der Waals surface area contributed by atoms with Gasteiger partial charge in [-0.15, -0.1) is 0 Å². The van der Waals surface area contributed by atoms with E-state index < -0.39 is 11.9 Å². The van der Waals surface area contributed by atoms with Crippen LogP contribution < -0.4 is 9.47 Å². The van der Waals surface area contributed by atoms with Crippen LogP contribution in [0.25, 0.3) is 0 Å². The van der Waals surface area contributed by atoms with E-state index in [4.69, 9.17) is 21.1 Å². The Morgan fingerprint density at radius 2 is 1.90 bits per heavy atom. The highest BCUT2D eigenvalue weighted by Crippen LogP contribution is 2.31. The van der Waals surface area contributed by atoms with Crippen LogP contribution in [0.3, 0.4) is 0 Å². The summed E-state index contributed by atoms with van der Waals surface area (Å²) in [7, 11) is 3.09. The van der Waals surface area contributed by atoms with Crippen LogP contribution in [0.2, 0.25) is 5.02 Å². The van der Waals surface area contributed by atoms with Gasteiger partial charge in [-0.2, -0.15) is 0 Å².